The Morgan fingerprint density at radius 2 is 1.25 bits per heavy atom. The van der Waals surface area contributed by atoms with E-state index < -0.39 is 58.5 Å². The molecule has 280 valence electrons. The van der Waals surface area contributed by atoms with Gasteiger partial charge in [-0.2, -0.15) is 0 Å². The lowest BCUT2D eigenvalue weighted by Crippen LogP contribution is -2.64. The molecular weight excluding hydrogens is 648 g/mol. The molecule has 9 rings (SSSR count). The van der Waals surface area contributed by atoms with Crippen LogP contribution < -0.4 is 0 Å². The van der Waals surface area contributed by atoms with Gasteiger partial charge in [-0.1, -0.05) is 79.2 Å². The lowest BCUT2D eigenvalue weighted by atomic mass is 9.58. The van der Waals surface area contributed by atoms with E-state index in [1.54, 1.807) is 19.9 Å². The number of ether oxygens (including phenoxy) is 2. The van der Waals surface area contributed by atoms with Crippen molar-refractivity contribution in [2.45, 2.75) is 125 Å². The van der Waals surface area contributed by atoms with Crippen LogP contribution in [0.15, 0.2) is 34.9 Å². The Labute approximate surface area is 301 Å². The third kappa shape index (κ3) is 3.76. The van der Waals surface area contributed by atoms with Crippen LogP contribution >= 0.6 is 0 Å². The van der Waals surface area contributed by atoms with Crippen LogP contribution in [-0.4, -0.2) is 73.8 Å². The predicted octanol–water partition coefficient (Wildman–Crippen LogP) is 5.19. The van der Waals surface area contributed by atoms with Crippen molar-refractivity contribution in [3.63, 3.8) is 0 Å². The lowest BCUT2D eigenvalue weighted by Gasteiger charge is -2.48. The Morgan fingerprint density at radius 1 is 0.725 bits per heavy atom. The van der Waals surface area contributed by atoms with Gasteiger partial charge in [0.05, 0.1) is 16.9 Å². The van der Waals surface area contributed by atoms with Gasteiger partial charge in [-0.15, -0.1) is 0 Å². The minimum atomic E-state index is -1.87. The number of ketones is 2. The number of aliphatic hydroxyl groups excluding tert-OH is 3. The molecule has 51 heavy (non-hydrogen) atoms. The predicted molar refractivity (Wildman–Crippen MR) is 188 cm³/mol. The number of aliphatic hydroxyl groups is 4. The highest BCUT2D eigenvalue weighted by Crippen LogP contribution is 2.75. The molecule has 4 N–H and O–H groups in total. The summed E-state index contributed by atoms with van der Waals surface area (Å²) in [5, 5.41) is 44.5. The molecule has 9 heteroatoms. The average Bonchev–Trinajstić information content (AvgIpc) is 3.64. The van der Waals surface area contributed by atoms with Crippen LogP contribution in [0.5, 0.6) is 0 Å². The smallest absolute Gasteiger partial charge is 0.426 e. The molecule has 1 saturated heterocycles. The SMILES string of the molecule is CC1=C[C@@H]2C(=O)[C@]3(C=C(C)[C@H](O)[C@@]3(O)[C@@H]1O)[C@H](C)C[C@@H]1[C@H]2C1(C)C.CC1=C[C@]23C(=O)[C@@H]([C@H](O)[C@H](C)[C@H]4OC(=O)O[C@]42[C@H]1C)[C@H]1[C@@H](C[C@H]3C)C1(C)C. The van der Waals surface area contributed by atoms with Gasteiger partial charge in [-0.3, -0.25) is 9.59 Å². The normalized spacial score (nSPS) is 56.2. The molecular formula is C42H58O9. The summed E-state index contributed by atoms with van der Waals surface area (Å²) >= 11 is 0. The highest BCUT2D eigenvalue weighted by molar-refractivity contribution is 5.96. The number of rotatable bonds is 0. The van der Waals surface area contributed by atoms with Crippen molar-refractivity contribution < 1.29 is 44.3 Å². The Bertz CT molecular complexity index is 1720. The second-order valence-corrected chi connectivity index (χ2v) is 19.8. The highest BCUT2D eigenvalue weighted by Gasteiger charge is 2.81. The summed E-state index contributed by atoms with van der Waals surface area (Å²) in [6.45, 7) is 22.4. The van der Waals surface area contributed by atoms with Crippen molar-refractivity contribution in [2.75, 3.05) is 0 Å². The fourth-order valence-electron chi connectivity index (χ4n) is 14.1. The van der Waals surface area contributed by atoms with Gasteiger partial charge >= 0.3 is 6.16 Å². The quantitative estimate of drug-likeness (QED) is 0.197. The summed E-state index contributed by atoms with van der Waals surface area (Å²) in [7, 11) is 0. The van der Waals surface area contributed by atoms with Crippen LogP contribution in [0.4, 0.5) is 4.79 Å². The van der Waals surface area contributed by atoms with Crippen LogP contribution in [0, 0.1) is 80.8 Å². The first-order valence-electron chi connectivity index (χ1n) is 19.3. The molecule has 3 spiro atoms. The molecule has 9 aliphatic rings. The maximum absolute atomic E-state index is 14.2. The maximum Gasteiger partial charge on any atom is 0.509 e. The number of carbonyl (C=O) groups excluding carboxylic acids is 3. The summed E-state index contributed by atoms with van der Waals surface area (Å²) in [6, 6.07) is 0. The number of hydrogen-bond donors (Lipinski definition) is 4. The van der Waals surface area contributed by atoms with Crippen molar-refractivity contribution in [3.8, 4) is 0 Å². The van der Waals surface area contributed by atoms with Gasteiger partial charge in [0, 0.05) is 23.7 Å². The van der Waals surface area contributed by atoms with Crippen molar-refractivity contribution in [2.24, 2.45) is 80.8 Å². The van der Waals surface area contributed by atoms with E-state index in [1.807, 2.05) is 33.8 Å². The minimum absolute atomic E-state index is 0.0256. The largest absolute Gasteiger partial charge is 0.509 e. The summed E-state index contributed by atoms with van der Waals surface area (Å²) in [6.07, 6.45) is 2.85. The van der Waals surface area contributed by atoms with Gasteiger partial charge in [0.15, 0.2) is 23.3 Å². The van der Waals surface area contributed by atoms with E-state index in [-0.39, 0.29) is 63.8 Å². The molecule has 0 amide bonds. The van der Waals surface area contributed by atoms with Gasteiger partial charge in [0.25, 0.3) is 0 Å². The average molecular weight is 707 g/mol. The monoisotopic (exact) mass is 706 g/mol. The first kappa shape index (κ1) is 35.7. The van der Waals surface area contributed by atoms with E-state index in [4.69, 9.17) is 9.47 Å². The molecule has 0 aromatic carbocycles. The van der Waals surface area contributed by atoms with Gasteiger partial charge in [-0.05, 0) is 91.1 Å². The van der Waals surface area contributed by atoms with E-state index in [9.17, 15) is 34.8 Å². The van der Waals surface area contributed by atoms with Gasteiger partial charge < -0.3 is 29.9 Å². The van der Waals surface area contributed by atoms with Crippen molar-refractivity contribution >= 4 is 17.7 Å². The van der Waals surface area contributed by atoms with Crippen molar-refractivity contribution in [3.05, 3.63) is 34.9 Å². The Balaban J connectivity index is 0.000000148. The molecule has 6 fully saturated rings. The lowest BCUT2D eigenvalue weighted by molar-refractivity contribution is -0.189. The summed E-state index contributed by atoms with van der Waals surface area (Å²) in [4.78, 5) is 40.3. The Kier molecular flexibility index (Phi) is 7.17. The third-order valence-electron chi connectivity index (χ3n) is 17.2. The molecule has 9 nitrogen and oxygen atoms in total. The Hall–Kier alpha value is -2.33. The molecule has 18 atom stereocenters. The van der Waals surface area contributed by atoms with Crippen molar-refractivity contribution in [1.82, 2.24) is 0 Å². The topological polar surface area (TPSA) is 151 Å². The third-order valence-corrected chi connectivity index (χ3v) is 17.2. The number of carbonyl (C=O) groups is 3. The molecule has 0 radical (unpaired) electrons. The number of fused-ring (bicyclic) bond motifs is 6. The zero-order valence-corrected chi connectivity index (χ0v) is 32.1. The molecule has 0 unspecified atom stereocenters. The van der Waals surface area contributed by atoms with Gasteiger partial charge in [0.1, 0.15) is 17.8 Å². The number of hydrogen-bond acceptors (Lipinski definition) is 9. The van der Waals surface area contributed by atoms with Crippen LogP contribution in [0.1, 0.15) is 89.0 Å². The second-order valence-electron chi connectivity index (χ2n) is 19.8. The molecule has 5 saturated carbocycles. The molecule has 1 heterocycles. The standard InChI is InChI=1S/C22H30O5.C20H28O4/c1-9-8-21-10(2)7-13-15(20(13,5)6)14(17(21)24)16(23)11(3)18-22(21,12(9)4)27-19(25)26-18;1-9-6-12-14-13(18(14,4)5)7-11(3)19(17(12)23)8-10(2)16(22)20(19,24)15(9)21/h8,10-16,18,23H,7H2,1-6H3;6,8,11-16,21-22,24H,7H2,1-5H3/t10-,11+,12+,13-,14-,15-,16-,18-,21+,22-;11-,12+,13-,14+,15-,16+,19+,20+/m11/s1. The van der Waals surface area contributed by atoms with Crippen LogP contribution in [0.2, 0.25) is 0 Å². The zero-order valence-electron chi connectivity index (χ0n) is 32.1. The van der Waals surface area contributed by atoms with E-state index >= 15 is 0 Å². The molecule has 0 aromatic heterocycles. The van der Waals surface area contributed by atoms with Gasteiger partial charge in [0.2, 0.25) is 0 Å². The first-order chi connectivity index (χ1) is 23.5. The second kappa shape index (κ2) is 10.2. The Morgan fingerprint density at radius 3 is 1.88 bits per heavy atom. The molecule has 8 aliphatic carbocycles. The zero-order chi connectivity index (χ0) is 37.5. The molecule has 4 bridgehead atoms. The van der Waals surface area contributed by atoms with E-state index in [1.165, 1.54) is 0 Å². The van der Waals surface area contributed by atoms with E-state index in [2.05, 4.69) is 40.7 Å². The molecule has 1 aliphatic heterocycles. The summed E-state index contributed by atoms with van der Waals surface area (Å²) in [5.41, 5.74) is -2.61. The van der Waals surface area contributed by atoms with Crippen LogP contribution in [0.25, 0.3) is 0 Å². The number of Topliss-reactive ketones (excluding diaryl/α,β-unsaturated/α-hetero) is 2. The van der Waals surface area contributed by atoms with Crippen molar-refractivity contribution in [1.29, 1.82) is 0 Å². The fraction of sp³-hybridized carbons (Fsp3) is 0.786. The highest BCUT2D eigenvalue weighted by atomic mass is 16.8. The van der Waals surface area contributed by atoms with Gasteiger partial charge in [-0.25, -0.2) is 4.79 Å². The maximum atomic E-state index is 14.2. The first-order valence-corrected chi connectivity index (χ1v) is 19.3. The molecule has 0 aromatic rings. The number of allylic oxidation sites excluding steroid dienone is 1. The minimum Gasteiger partial charge on any atom is -0.426 e. The van der Waals surface area contributed by atoms with E-state index in [0.717, 1.165) is 18.4 Å². The fourth-order valence-corrected chi connectivity index (χ4v) is 14.1. The van der Waals surface area contributed by atoms with Crippen LogP contribution in [0.3, 0.4) is 0 Å². The summed E-state index contributed by atoms with van der Waals surface area (Å²) < 4.78 is 11.7. The summed E-state index contributed by atoms with van der Waals surface area (Å²) in [5.74, 6) is 0.0379. The van der Waals surface area contributed by atoms with E-state index in [0.29, 0.717) is 23.0 Å². The van der Waals surface area contributed by atoms with Crippen LogP contribution in [-0.2, 0) is 19.1 Å².